The van der Waals surface area contributed by atoms with Crippen molar-refractivity contribution in [3.05, 3.63) is 70.8 Å². The topological polar surface area (TPSA) is 72.9 Å². The van der Waals surface area contributed by atoms with Crippen LogP contribution in [0.4, 0.5) is 0 Å². The van der Waals surface area contributed by atoms with Crippen LogP contribution in [0, 0.1) is 0 Å². The molecule has 4 rings (SSSR count). The monoisotopic (exact) mass is 346 g/mol. The maximum absolute atomic E-state index is 12.9. The lowest BCUT2D eigenvalue weighted by Gasteiger charge is -2.09. The summed E-state index contributed by atoms with van der Waals surface area (Å²) in [6.45, 7) is -0.0676. The van der Waals surface area contributed by atoms with E-state index in [4.69, 9.17) is 0 Å². The zero-order valence-corrected chi connectivity index (χ0v) is 14.5. The summed E-state index contributed by atoms with van der Waals surface area (Å²) in [6.07, 6.45) is 3.31. The van der Waals surface area contributed by atoms with Crippen LogP contribution in [-0.2, 0) is 20.7 Å². The highest BCUT2D eigenvalue weighted by molar-refractivity contribution is 5.86. The van der Waals surface area contributed by atoms with Crippen molar-refractivity contribution in [2.75, 3.05) is 0 Å². The summed E-state index contributed by atoms with van der Waals surface area (Å²) >= 11 is 0. The van der Waals surface area contributed by atoms with Crippen LogP contribution in [0.15, 0.2) is 59.7 Å². The molecule has 2 heterocycles. The normalized spacial score (nSPS) is 11.2. The molecule has 1 N–H and O–H groups in total. The first-order chi connectivity index (χ1) is 12.6. The smallest absolute Gasteiger partial charge is 0.274 e. The van der Waals surface area contributed by atoms with Gasteiger partial charge in [0.2, 0.25) is 0 Å². The second kappa shape index (κ2) is 6.24. The highest BCUT2D eigenvalue weighted by atomic mass is 16.3. The van der Waals surface area contributed by atoms with E-state index >= 15 is 0 Å². The standard InChI is InChI=1S/C20H18N4O2/c1-23-19(15-6-7-16-17(11-15)22-9-8-21-16)18(20(26)24(23)2)14-5-3-4-13(10-14)12-25/h3-11,25H,12H2,1-2H3. The van der Waals surface area contributed by atoms with E-state index in [2.05, 4.69) is 9.97 Å². The molecule has 6 nitrogen and oxygen atoms in total. The highest BCUT2D eigenvalue weighted by Gasteiger charge is 2.20. The Morgan fingerprint density at radius 1 is 0.923 bits per heavy atom. The minimum absolute atomic E-state index is 0.0676. The Kier molecular flexibility index (Phi) is 3.89. The zero-order valence-electron chi connectivity index (χ0n) is 14.5. The summed E-state index contributed by atoms with van der Waals surface area (Å²) in [5.74, 6) is 0. The Bertz CT molecular complexity index is 1170. The third-order valence-corrected chi connectivity index (χ3v) is 4.66. The van der Waals surface area contributed by atoms with Crippen LogP contribution in [0.2, 0.25) is 0 Å². The predicted octanol–water partition coefficient (Wildman–Crippen LogP) is 2.49. The predicted molar refractivity (Wildman–Crippen MR) is 101 cm³/mol. The number of aliphatic hydroxyl groups excluding tert-OH is 1. The lowest BCUT2D eigenvalue weighted by atomic mass is 9.99. The van der Waals surface area contributed by atoms with Crippen molar-refractivity contribution in [1.29, 1.82) is 0 Å². The molecule has 0 aliphatic heterocycles. The molecule has 26 heavy (non-hydrogen) atoms. The van der Waals surface area contributed by atoms with Crippen molar-refractivity contribution >= 4 is 11.0 Å². The number of hydrogen-bond acceptors (Lipinski definition) is 4. The molecule has 0 saturated heterocycles. The summed E-state index contributed by atoms with van der Waals surface area (Å²) in [5.41, 5.74) is 5.35. The third-order valence-electron chi connectivity index (χ3n) is 4.66. The number of hydrogen-bond donors (Lipinski definition) is 1. The van der Waals surface area contributed by atoms with Crippen LogP contribution in [0.5, 0.6) is 0 Å². The number of aromatic nitrogens is 4. The Morgan fingerprint density at radius 2 is 1.69 bits per heavy atom. The summed E-state index contributed by atoms with van der Waals surface area (Å²) in [7, 11) is 3.60. The van der Waals surface area contributed by atoms with Crippen LogP contribution >= 0.6 is 0 Å². The molecular weight excluding hydrogens is 328 g/mol. The number of nitrogens with zero attached hydrogens (tertiary/aromatic N) is 4. The van der Waals surface area contributed by atoms with Gasteiger partial charge in [-0.25, -0.2) is 0 Å². The van der Waals surface area contributed by atoms with Crippen LogP contribution in [-0.4, -0.2) is 24.4 Å². The van der Waals surface area contributed by atoms with E-state index in [-0.39, 0.29) is 12.2 Å². The maximum Gasteiger partial charge on any atom is 0.274 e. The van der Waals surface area contributed by atoms with Crippen molar-refractivity contribution in [2.45, 2.75) is 6.61 Å². The minimum atomic E-state index is -0.0863. The number of benzene rings is 2. The summed E-state index contributed by atoms with van der Waals surface area (Å²) in [4.78, 5) is 21.6. The van der Waals surface area contributed by atoms with Gasteiger partial charge in [0, 0.05) is 32.1 Å². The van der Waals surface area contributed by atoms with Gasteiger partial charge >= 0.3 is 0 Å². The SMILES string of the molecule is Cn1c(-c2ccc3nccnc3c2)c(-c2cccc(CO)c2)c(=O)n1C. The van der Waals surface area contributed by atoms with Gasteiger partial charge in [0.1, 0.15) is 0 Å². The van der Waals surface area contributed by atoms with Crippen molar-refractivity contribution in [1.82, 2.24) is 19.3 Å². The summed E-state index contributed by atoms with van der Waals surface area (Å²) < 4.78 is 3.41. The van der Waals surface area contributed by atoms with Crippen LogP contribution < -0.4 is 5.56 Å². The first-order valence-corrected chi connectivity index (χ1v) is 8.27. The van der Waals surface area contributed by atoms with Gasteiger partial charge in [-0.05, 0) is 29.3 Å². The van der Waals surface area contributed by atoms with Gasteiger partial charge < -0.3 is 5.11 Å². The fraction of sp³-hybridized carbons (Fsp3) is 0.150. The van der Waals surface area contributed by atoms with Crippen LogP contribution in [0.1, 0.15) is 5.56 Å². The van der Waals surface area contributed by atoms with Gasteiger partial charge in [-0.2, -0.15) is 0 Å². The van der Waals surface area contributed by atoms with Crippen molar-refractivity contribution in [2.24, 2.45) is 14.1 Å². The largest absolute Gasteiger partial charge is 0.392 e. The molecule has 0 aliphatic carbocycles. The van der Waals surface area contributed by atoms with Crippen LogP contribution in [0.3, 0.4) is 0 Å². The fourth-order valence-corrected chi connectivity index (χ4v) is 3.24. The lowest BCUT2D eigenvalue weighted by Crippen LogP contribution is -2.17. The van der Waals surface area contributed by atoms with E-state index < -0.39 is 0 Å². The molecule has 2 aromatic carbocycles. The molecule has 0 radical (unpaired) electrons. The number of fused-ring (bicyclic) bond motifs is 1. The van der Waals surface area contributed by atoms with Gasteiger partial charge in [0.25, 0.3) is 5.56 Å². The average Bonchev–Trinajstić information content (AvgIpc) is 2.91. The quantitative estimate of drug-likeness (QED) is 0.619. The van der Waals surface area contributed by atoms with E-state index in [0.717, 1.165) is 33.4 Å². The molecule has 0 aliphatic rings. The van der Waals surface area contributed by atoms with Gasteiger partial charge in [0.15, 0.2) is 0 Å². The molecule has 0 spiro atoms. The lowest BCUT2D eigenvalue weighted by molar-refractivity contribution is 0.282. The number of rotatable bonds is 3. The molecule has 0 unspecified atom stereocenters. The van der Waals surface area contributed by atoms with E-state index in [0.29, 0.717) is 5.56 Å². The van der Waals surface area contributed by atoms with E-state index in [1.54, 1.807) is 24.1 Å². The molecule has 130 valence electrons. The van der Waals surface area contributed by atoms with Crippen molar-refractivity contribution in [3.8, 4) is 22.4 Å². The van der Waals surface area contributed by atoms with Crippen molar-refractivity contribution < 1.29 is 5.11 Å². The number of aliphatic hydroxyl groups is 1. The Morgan fingerprint density at radius 3 is 2.46 bits per heavy atom. The van der Waals surface area contributed by atoms with Gasteiger partial charge in [-0.3, -0.25) is 24.1 Å². The molecule has 0 amide bonds. The molecule has 2 aromatic heterocycles. The molecule has 0 saturated carbocycles. The van der Waals surface area contributed by atoms with E-state index in [1.165, 1.54) is 0 Å². The first-order valence-electron chi connectivity index (χ1n) is 8.27. The Hall–Kier alpha value is -3.25. The summed E-state index contributed by atoms with van der Waals surface area (Å²) in [6, 6.07) is 13.2. The molecule has 6 heteroatoms. The van der Waals surface area contributed by atoms with E-state index in [9.17, 15) is 9.90 Å². The van der Waals surface area contributed by atoms with Crippen LogP contribution in [0.25, 0.3) is 33.4 Å². The Labute approximate surface area is 150 Å². The maximum atomic E-state index is 12.9. The van der Waals surface area contributed by atoms with Gasteiger partial charge in [-0.15, -0.1) is 0 Å². The summed E-state index contributed by atoms with van der Waals surface area (Å²) in [5, 5.41) is 9.44. The minimum Gasteiger partial charge on any atom is -0.392 e. The highest BCUT2D eigenvalue weighted by Crippen LogP contribution is 2.31. The zero-order chi connectivity index (χ0) is 18.3. The van der Waals surface area contributed by atoms with Crippen molar-refractivity contribution in [3.63, 3.8) is 0 Å². The Balaban J connectivity index is 2.01. The first kappa shape index (κ1) is 16.2. The third kappa shape index (κ3) is 2.51. The molecule has 0 fully saturated rings. The molecule has 0 atom stereocenters. The molecule has 4 aromatic rings. The van der Waals surface area contributed by atoms with Gasteiger partial charge in [-0.1, -0.05) is 24.3 Å². The van der Waals surface area contributed by atoms with Gasteiger partial charge in [0.05, 0.1) is 28.9 Å². The molecular formula is C20H18N4O2. The second-order valence-corrected chi connectivity index (χ2v) is 6.19. The average molecular weight is 346 g/mol. The van der Waals surface area contributed by atoms with E-state index in [1.807, 2.05) is 54.2 Å². The fourth-order valence-electron chi connectivity index (χ4n) is 3.24. The molecule has 0 bridgehead atoms. The second-order valence-electron chi connectivity index (χ2n) is 6.19.